The molecule has 13 heteroatoms. The SMILES string of the molecule is CC(C)(C)OC(=O)CC[C@]1(C(=O)NNCc2ccc(Cl)cc2Cl)N=C(c2ccc(OCCCO)cc2)O[C@H]1c1ccc(Cl)cc1Cl. The van der Waals surface area contributed by atoms with Crippen LogP contribution in [0.5, 0.6) is 5.75 Å². The number of hydrogen-bond donors (Lipinski definition) is 3. The Bertz CT molecular complexity index is 1580. The molecule has 0 aromatic heterocycles. The molecule has 1 aliphatic heterocycles. The van der Waals surface area contributed by atoms with Gasteiger partial charge in [0.05, 0.1) is 6.61 Å². The average molecular weight is 711 g/mol. The second kappa shape index (κ2) is 15.7. The number of esters is 1. The highest BCUT2D eigenvalue weighted by Gasteiger charge is 2.54. The molecule has 1 heterocycles. The van der Waals surface area contributed by atoms with Gasteiger partial charge in [0.2, 0.25) is 5.90 Å². The molecule has 0 bridgehead atoms. The summed E-state index contributed by atoms with van der Waals surface area (Å²) >= 11 is 25.2. The summed E-state index contributed by atoms with van der Waals surface area (Å²) in [4.78, 5) is 32.1. The van der Waals surface area contributed by atoms with E-state index in [1.807, 2.05) is 0 Å². The van der Waals surface area contributed by atoms with E-state index in [0.717, 1.165) is 0 Å². The van der Waals surface area contributed by atoms with Crippen LogP contribution >= 0.6 is 46.4 Å². The minimum Gasteiger partial charge on any atom is -0.494 e. The Balaban J connectivity index is 1.71. The number of hydrazine groups is 1. The van der Waals surface area contributed by atoms with Crippen LogP contribution in [0.3, 0.4) is 0 Å². The number of nitrogens with one attached hydrogen (secondary N) is 2. The largest absolute Gasteiger partial charge is 0.494 e. The highest BCUT2D eigenvalue weighted by atomic mass is 35.5. The van der Waals surface area contributed by atoms with Crippen LogP contribution in [0, 0.1) is 0 Å². The zero-order valence-electron chi connectivity index (χ0n) is 25.5. The molecule has 1 amide bonds. The third-order valence-corrected chi connectivity index (χ3v) is 8.05. The number of nitrogens with zero attached hydrogens (tertiary/aromatic N) is 1. The van der Waals surface area contributed by atoms with E-state index in [1.54, 1.807) is 81.4 Å². The van der Waals surface area contributed by atoms with E-state index >= 15 is 0 Å². The van der Waals surface area contributed by atoms with Crippen molar-refractivity contribution in [2.24, 2.45) is 4.99 Å². The minimum absolute atomic E-state index is 0.0203. The van der Waals surface area contributed by atoms with Crippen LogP contribution in [0.25, 0.3) is 0 Å². The van der Waals surface area contributed by atoms with Crippen molar-refractivity contribution in [2.45, 2.75) is 63.8 Å². The van der Waals surface area contributed by atoms with E-state index in [2.05, 4.69) is 10.9 Å². The molecule has 0 radical (unpaired) electrons. The summed E-state index contributed by atoms with van der Waals surface area (Å²) in [5.41, 5.74) is 4.97. The molecule has 46 heavy (non-hydrogen) atoms. The first-order valence-electron chi connectivity index (χ1n) is 14.6. The van der Waals surface area contributed by atoms with Crippen molar-refractivity contribution in [3.05, 3.63) is 97.4 Å². The van der Waals surface area contributed by atoms with Gasteiger partial charge in [0.1, 0.15) is 11.4 Å². The van der Waals surface area contributed by atoms with Crippen molar-refractivity contribution in [1.82, 2.24) is 10.9 Å². The molecule has 0 fully saturated rings. The molecule has 2 atom stereocenters. The van der Waals surface area contributed by atoms with Gasteiger partial charge < -0.3 is 19.3 Å². The maximum absolute atomic E-state index is 14.3. The second-order valence-electron chi connectivity index (χ2n) is 11.6. The quantitative estimate of drug-likeness (QED) is 0.0971. The molecule has 0 spiro atoms. The normalized spacial score (nSPS) is 17.7. The fourth-order valence-electron chi connectivity index (χ4n) is 4.74. The molecule has 3 N–H and O–H groups in total. The molecule has 3 aromatic rings. The zero-order valence-corrected chi connectivity index (χ0v) is 28.6. The van der Waals surface area contributed by atoms with Crippen molar-refractivity contribution in [3.63, 3.8) is 0 Å². The van der Waals surface area contributed by atoms with E-state index < -0.39 is 29.1 Å². The van der Waals surface area contributed by atoms with Gasteiger partial charge in [-0.05, 0) is 81.3 Å². The molecule has 4 rings (SSSR count). The topological polar surface area (TPSA) is 118 Å². The maximum Gasteiger partial charge on any atom is 0.306 e. The van der Waals surface area contributed by atoms with Gasteiger partial charge in [-0.1, -0.05) is 58.5 Å². The molecule has 3 aromatic carbocycles. The summed E-state index contributed by atoms with van der Waals surface area (Å²) in [7, 11) is 0. The van der Waals surface area contributed by atoms with E-state index in [1.165, 1.54) is 0 Å². The Morgan fingerprint density at radius 1 is 0.978 bits per heavy atom. The lowest BCUT2D eigenvalue weighted by Gasteiger charge is -2.31. The number of ether oxygens (including phenoxy) is 3. The number of aliphatic hydroxyl groups is 1. The van der Waals surface area contributed by atoms with Gasteiger partial charge in [0.15, 0.2) is 11.6 Å². The number of hydrogen-bond acceptors (Lipinski definition) is 8. The minimum atomic E-state index is -1.67. The van der Waals surface area contributed by atoms with Gasteiger partial charge in [0.25, 0.3) is 5.91 Å². The Morgan fingerprint density at radius 2 is 1.65 bits per heavy atom. The highest BCUT2D eigenvalue weighted by molar-refractivity contribution is 6.35. The Kier molecular flexibility index (Phi) is 12.2. The first-order chi connectivity index (χ1) is 21.8. The molecular formula is C33H35Cl4N3O6. The van der Waals surface area contributed by atoms with Gasteiger partial charge in [-0.3, -0.25) is 15.0 Å². The Morgan fingerprint density at radius 3 is 2.28 bits per heavy atom. The molecule has 9 nitrogen and oxygen atoms in total. The molecule has 0 aliphatic carbocycles. The van der Waals surface area contributed by atoms with Crippen molar-refractivity contribution in [3.8, 4) is 5.75 Å². The van der Waals surface area contributed by atoms with Crippen LogP contribution in [0.4, 0.5) is 0 Å². The molecule has 0 saturated carbocycles. The first kappa shape index (κ1) is 35.8. The van der Waals surface area contributed by atoms with E-state index in [0.29, 0.717) is 50.5 Å². The monoisotopic (exact) mass is 709 g/mol. The molecule has 1 aliphatic rings. The van der Waals surface area contributed by atoms with Crippen molar-refractivity contribution in [2.75, 3.05) is 13.2 Å². The van der Waals surface area contributed by atoms with E-state index in [9.17, 15) is 9.59 Å². The van der Waals surface area contributed by atoms with Crippen molar-refractivity contribution >= 4 is 64.2 Å². The van der Waals surface area contributed by atoms with Crippen LogP contribution < -0.4 is 15.6 Å². The van der Waals surface area contributed by atoms with Gasteiger partial charge in [-0.15, -0.1) is 0 Å². The summed E-state index contributed by atoms with van der Waals surface area (Å²) in [5.74, 6) is -0.323. The predicted molar refractivity (Wildman–Crippen MR) is 180 cm³/mol. The summed E-state index contributed by atoms with van der Waals surface area (Å²) in [5, 5.41) is 10.6. The van der Waals surface area contributed by atoms with Crippen LogP contribution in [0.2, 0.25) is 20.1 Å². The van der Waals surface area contributed by atoms with Crippen molar-refractivity contribution in [1.29, 1.82) is 0 Å². The fourth-order valence-corrected chi connectivity index (χ4v) is 5.72. The Hall–Kier alpha value is -3.05. The van der Waals surface area contributed by atoms with Crippen molar-refractivity contribution < 1.29 is 28.9 Å². The lowest BCUT2D eigenvalue weighted by Crippen LogP contribution is -2.52. The highest BCUT2D eigenvalue weighted by Crippen LogP contribution is 2.45. The number of aliphatic imine (C=N–C) groups is 1. The van der Waals surface area contributed by atoms with Gasteiger partial charge in [-0.25, -0.2) is 10.4 Å². The van der Waals surface area contributed by atoms with Gasteiger partial charge >= 0.3 is 5.97 Å². The number of amides is 1. The van der Waals surface area contributed by atoms with Crippen LogP contribution in [-0.4, -0.2) is 47.2 Å². The maximum atomic E-state index is 14.3. The fraction of sp³-hybridized carbons (Fsp3) is 0.364. The van der Waals surface area contributed by atoms with E-state index in [-0.39, 0.29) is 36.9 Å². The molecule has 0 saturated heterocycles. The van der Waals surface area contributed by atoms with E-state index in [4.69, 9.17) is 70.7 Å². The summed E-state index contributed by atoms with van der Waals surface area (Å²) in [6.07, 6.45) is -0.773. The number of aliphatic hydroxyl groups excluding tert-OH is 1. The number of benzene rings is 3. The van der Waals surface area contributed by atoms with Crippen LogP contribution in [0.1, 0.15) is 62.8 Å². The summed E-state index contributed by atoms with van der Waals surface area (Å²) in [6, 6.07) is 16.9. The van der Waals surface area contributed by atoms with Crippen LogP contribution in [0.15, 0.2) is 65.7 Å². The second-order valence-corrected chi connectivity index (χ2v) is 13.3. The third-order valence-electron chi connectivity index (χ3n) is 6.90. The molecule has 0 unspecified atom stereocenters. The average Bonchev–Trinajstić information content (AvgIpc) is 3.37. The first-order valence-corrected chi connectivity index (χ1v) is 16.1. The number of carbonyl (C=O) groups excluding carboxylic acids is 2. The molecule has 246 valence electrons. The van der Waals surface area contributed by atoms with Gasteiger partial charge in [0, 0.05) is 57.2 Å². The lowest BCUT2D eigenvalue weighted by atomic mass is 9.83. The Labute approximate surface area is 288 Å². The number of carbonyl (C=O) groups is 2. The number of rotatable bonds is 13. The smallest absolute Gasteiger partial charge is 0.306 e. The van der Waals surface area contributed by atoms with Crippen LogP contribution in [-0.2, 0) is 25.6 Å². The zero-order chi connectivity index (χ0) is 33.5. The third kappa shape index (κ3) is 9.27. The van der Waals surface area contributed by atoms with Gasteiger partial charge in [-0.2, -0.15) is 0 Å². The summed E-state index contributed by atoms with van der Waals surface area (Å²) < 4.78 is 17.6. The standard InChI is InChI=1S/C33H35Cl4N3O6/c1-32(2,3)46-28(42)13-14-33(31(43)40-38-19-21-5-8-22(34)17-26(21)36)29(25-12-9-23(35)18-27(25)37)45-30(39-33)20-6-10-24(11-7-20)44-16-4-15-41/h5-12,17-18,29,38,41H,4,13-16,19H2,1-3H3,(H,40,43)/t29-,33-/m0/s1. The predicted octanol–water partition coefficient (Wildman–Crippen LogP) is 7.26. The lowest BCUT2D eigenvalue weighted by molar-refractivity contribution is -0.155. The molecular weight excluding hydrogens is 676 g/mol. The number of halogens is 4. The summed E-state index contributed by atoms with van der Waals surface area (Å²) in [6.45, 7) is 5.84.